The van der Waals surface area contributed by atoms with Crippen LogP contribution in [0.4, 0.5) is 0 Å². The Hall–Kier alpha value is -2.26. The van der Waals surface area contributed by atoms with Crippen LogP contribution >= 0.6 is 0 Å². The van der Waals surface area contributed by atoms with Gasteiger partial charge in [-0.3, -0.25) is 14.4 Å². The summed E-state index contributed by atoms with van der Waals surface area (Å²) in [6, 6.07) is 0. The van der Waals surface area contributed by atoms with Crippen molar-refractivity contribution in [1.82, 2.24) is 25.1 Å². The lowest BCUT2D eigenvalue weighted by Crippen LogP contribution is -2.52. The summed E-state index contributed by atoms with van der Waals surface area (Å²) in [6.07, 6.45) is 7.22. The van der Waals surface area contributed by atoms with E-state index in [0.717, 1.165) is 38.4 Å². The molecule has 2 N–H and O–H groups in total. The number of aromatic amines is 1. The topological polar surface area (TPSA) is 108 Å². The van der Waals surface area contributed by atoms with Crippen LogP contribution in [0.5, 0.6) is 0 Å². The summed E-state index contributed by atoms with van der Waals surface area (Å²) < 4.78 is 5.58. The number of carbonyl (C=O) groups is 2. The largest absolute Gasteiger partial charge is 0.365 e. The number of aromatic nitrogens is 2. The Morgan fingerprint density at radius 3 is 2.66 bits per heavy atom. The third-order valence-electron chi connectivity index (χ3n) is 6.07. The number of rotatable bonds is 7. The fourth-order valence-corrected chi connectivity index (χ4v) is 4.12. The molecule has 1 aromatic rings. The van der Waals surface area contributed by atoms with Gasteiger partial charge in [0.05, 0.1) is 12.4 Å². The van der Waals surface area contributed by atoms with E-state index in [1.54, 1.807) is 0 Å². The minimum Gasteiger partial charge on any atom is -0.365 e. The molecule has 3 fully saturated rings. The van der Waals surface area contributed by atoms with Gasteiger partial charge in [-0.25, -0.2) is 4.98 Å². The van der Waals surface area contributed by atoms with Gasteiger partial charge in [0, 0.05) is 32.4 Å². The molecule has 1 aliphatic carbocycles. The van der Waals surface area contributed by atoms with Crippen LogP contribution in [0.3, 0.4) is 0 Å². The molecule has 0 radical (unpaired) electrons. The molecule has 2 aliphatic heterocycles. The number of ether oxygens (including phenoxy) is 1. The van der Waals surface area contributed by atoms with Crippen molar-refractivity contribution in [3.8, 4) is 0 Å². The zero-order chi connectivity index (χ0) is 20.2. The number of carbonyl (C=O) groups excluding carboxylic acids is 2. The quantitative estimate of drug-likeness (QED) is 0.656. The molecule has 3 aliphatic rings. The number of piperidine rings is 1. The van der Waals surface area contributed by atoms with Crippen LogP contribution in [0, 0.1) is 11.8 Å². The normalized spacial score (nSPS) is 23.9. The monoisotopic (exact) mass is 403 g/mol. The molecule has 158 valence electrons. The Labute approximate surface area is 169 Å². The summed E-state index contributed by atoms with van der Waals surface area (Å²) >= 11 is 0. The van der Waals surface area contributed by atoms with E-state index in [4.69, 9.17) is 4.74 Å². The van der Waals surface area contributed by atoms with Crippen LogP contribution in [-0.2, 0) is 9.53 Å². The maximum Gasteiger partial charge on any atom is 0.263 e. The van der Waals surface area contributed by atoms with Crippen LogP contribution < -0.4 is 10.9 Å². The fourth-order valence-electron chi connectivity index (χ4n) is 4.12. The Morgan fingerprint density at radius 2 is 1.93 bits per heavy atom. The van der Waals surface area contributed by atoms with Gasteiger partial charge < -0.3 is 24.8 Å². The summed E-state index contributed by atoms with van der Waals surface area (Å²) in [5.41, 5.74) is -0.513. The van der Waals surface area contributed by atoms with Gasteiger partial charge in [-0.1, -0.05) is 0 Å². The van der Waals surface area contributed by atoms with Crippen molar-refractivity contribution in [2.24, 2.45) is 11.8 Å². The van der Waals surface area contributed by atoms with Gasteiger partial charge in [0.25, 0.3) is 11.5 Å². The van der Waals surface area contributed by atoms with E-state index < -0.39 is 11.5 Å². The van der Waals surface area contributed by atoms with Crippen LogP contribution in [-0.4, -0.2) is 83.6 Å². The molecule has 1 saturated carbocycles. The second-order valence-electron chi connectivity index (χ2n) is 8.42. The highest BCUT2D eigenvalue weighted by molar-refractivity contribution is 5.93. The van der Waals surface area contributed by atoms with Gasteiger partial charge in [-0.15, -0.1) is 0 Å². The number of nitrogens with one attached hydrogen (secondary N) is 2. The van der Waals surface area contributed by atoms with E-state index in [-0.39, 0.29) is 30.7 Å². The van der Waals surface area contributed by atoms with Crippen molar-refractivity contribution in [1.29, 1.82) is 0 Å². The van der Waals surface area contributed by atoms with E-state index in [0.29, 0.717) is 12.5 Å². The van der Waals surface area contributed by atoms with Crippen molar-refractivity contribution in [3.05, 3.63) is 28.4 Å². The molecule has 0 unspecified atom stereocenters. The van der Waals surface area contributed by atoms with Gasteiger partial charge in [0.15, 0.2) is 0 Å². The predicted molar refractivity (Wildman–Crippen MR) is 105 cm³/mol. The first kappa shape index (κ1) is 20.0. The fraction of sp³-hybridized carbons (Fsp3) is 0.700. The second kappa shape index (κ2) is 9.04. The zero-order valence-corrected chi connectivity index (χ0v) is 16.6. The average molecular weight is 403 g/mol. The lowest BCUT2D eigenvalue weighted by Gasteiger charge is -2.38. The molecule has 9 nitrogen and oxygen atoms in total. The van der Waals surface area contributed by atoms with Crippen molar-refractivity contribution >= 4 is 11.8 Å². The van der Waals surface area contributed by atoms with Gasteiger partial charge in [-0.05, 0) is 50.6 Å². The van der Waals surface area contributed by atoms with Crippen LogP contribution in [0.2, 0.25) is 0 Å². The molecular formula is C20H29N5O4. The number of likely N-dealkylation sites (tertiary alicyclic amines) is 1. The molecule has 0 spiro atoms. The van der Waals surface area contributed by atoms with E-state index in [9.17, 15) is 14.4 Å². The standard InChI is InChI=1S/C20H29N5O4/c26-18-12-29-16(7-22-19(27)17-8-21-13-23-20(17)28)11-25(18)10-15-3-5-24(6-4-15)9-14-1-2-14/h8,13-16H,1-7,9-12H2,(H,22,27)(H,21,23,28)/t16-/m0/s1. The maximum atomic E-state index is 12.3. The maximum absolute atomic E-state index is 12.3. The molecule has 0 aromatic carbocycles. The molecule has 2 amide bonds. The van der Waals surface area contributed by atoms with Crippen molar-refractivity contribution in [3.63, 3.8) is 0 Å². The molecule has 2 saturated heterocycles. The highest BCUT2D eigenvalue weighted by atomic mass is 16.5. The molecule has 9 heteroatoms. The van der Waals surface area contributed by atoms with Gasteiger partial charge >= 0.3 is 0 Å². The van der Waals surface area contributed by atoms with Crippen molar-refractivity contribution in [2.75, 3.05) is 45.9 Å². The Bertz CT molecular complexity index is 785. The average Bonchev–Trinajstić information content (AvgIpc) is 3.54. The SMILES string of the molecule is O=C(NC[C@H]1CN(CC2CCN(CC3CC3)CC2)C(=O)CO1)c1cnc[nH]c1=O. The van der Waals surface area contributed by atoms with Crippen LogP contribution in [0.1, 0.15) is 36.0 Å². The molecule has 3 heterocycles. The lowest BCUT2D eigenvalue weighted by molar-refractivity contribution is -0.149. The second-order valence-corrected chi connectivity index (χ2v) is 8.42. The van der Waals surface area contributed by atoms with E-state index in [2.05, 4.69) is 20.2 Å². The lowest BCUT2D eigenvalue weighted by atomic mass is 9.95. The zero-order valence-electron chi connectivity index (χ0n) is 16.6. The van der Waals surface area contributed by atoms with Crippen LogP contribution in [0.25, 0.3) is 0 Å². The number of nitrogens with zero attached hydrogens (tertiary/aromatic N) is 3. The number of morpholine rings is 1. The smallest absolute Gasteiger partial charge is 0.263 e. The van der Waals surface area contributed by atoms with Gasteiger partial charge in [0.2, 0.25) is 5.91 Å². The summed E-state index contributed by atoms with van der Waals surface area (Å²) in [7, 11) is 0. The highest BCUT2D eigenvalue weighted by Gasteiger charge is 2.31. The molecule has 4 rings (SSSR count). The van der Waals surface area contributed by atoms with Crippen molar-refractivity contribution in [2.45, 2.75) is 31.8 Å². The van der Waals surface area contributed by atoms with Crippen molar-refractivity contribution < 1.29 is 14.3 Å². The first-order valence-corrected chi connectivity index (χ1v) is 10.5. The van der Waals surface area contributed by atoms with E-state index in [1.807, 2.05) is 4.90 Å². The summed E-state index contributed by atoms with van der Waals surface area (Å²) in [5.74, 6) is 0.966. The molecule has 29 heavy (non-hydrogen) atoms. The van der Waals surface area contributed by atoms with Gasteiger partial charge in [0.1, 0.15) is 12.2 Å². The minimum atomic E-state index is -0.491. The molecule has 1 atom stereocenters. The Balaban J connectivity index is 1.23. The Kier molecular flexibility index (Phi) is 6.25. The number of amides is 2. The minimum absolute atomic E-state index is 0.0108. The molecule has 1 aromatic heterocycles. The predicted octanol–water partition coefficient (Wildman–Crippen LogP) is -0.151. The summed E-state index contributed by atoms with van der Waals surface area (Å²) in [5, 5.41) is 2.71. The summed E-state index contributed by atoms with van der Waals surface area (Å²) in [6.45, 7) is 4.99. The third-order valence-corrected chi connectivity index (χ3v) is 6.07. The number of hydrogen-bond donors (Lipinski definition) is 2. The molecule has 0 bridgehead atoms. The van der Waals surface area contributed by atoms with E-state index >= 15 is 0 Å². The number of H-pyrrole nitrogens is 1. The summed E-state index contributed by atoms with van der Waals surface area (Å²) in [4.78, 5) is 46.7. The first-order valence-electron chi connectivity index (χ1n) is 10.5. The number of hydrogen-bond acceptors (Lipinski definition) is 6. The van der Waals surface area contributed by atoms with Crippen LogP contribution in [0.15, 0.2) is 17.3 Å². The first-order chi connectivity index (χ1) is 14.1. The highest BCUT2D eigenvalue weighted by Crippen LogP contribution is 2.31. The van der Waals surface area contributed by atoms with E-state index in [1.165, 1.54) is 31.9 Å². The molecular weight excluding hydrogens is 374 g/mol. The van der Waals surface area contributed by atoms with Gasteiger partial charge in [-0.2, -0.15) is 0 Å². The third kappa shape index (κ3) is 5.42. The Morgan fingerprint density at radius 1 is 1.17 bits per heavy atom.